The third-order valence-electron chi connectivity index (χ3n) is 6.74. The Kier molecular flexibility index (Phi) is 12.0. The van der Waals surface area contributed by atoms with Crippen LogP contribution in [0.25, 0.3) is 0 Å². The zero-order valence-electron chi connectivity index (χ0n) is 21.5. The number of alkyl carbamates (subject to hydrolysis) is 1. The Labute approximate surface area is 229 Å². The van der Waals surface area contributed by atoms with Crippen molar-refractivity contribution >= 4 is 35.2 Å². The number of benzene rings is 2. The van der Waals surface area contributed by atoms with E-state index in [0.29, 0.717) is 33.6 Å². The van der Waals surface area contributed by atoms with Gasteiger partial charge in [0.25, 0.3) is 5.91 Å². The maximum absolute atomic E-state index is 13.1. The molecule has 1 fully saturated rings. The molecule has 0 heterocycles. The Hall–Kier alpha value is -2.32. The van der Waals surface area contributed by atoms with Gasteiger partial charge in [-0.15, -0.1) is 0 Å². The molecular weight excluding hydrogens is 513 g/mol. The van der Waals surface area contributed by atoms with E-state index >= 15 is 0 Å². The van der Waals surface area contributed by atoms with Crippen LogP contribution in [0.5, 0.6) is 0 Å². The molecule has 0 radical (unpaired) electrons. The summed E-state index contributed by atoms with van der Waals surface area (Å²) in [5.41, 5.74) is 1.98. The van der Waals surface area contributed by atoms with Gasteiger partial charge >= 0.3 is 6.09 Å². The first-order valence-electron chi connectivity index (χ1n) is 12.8. The van der Waals surface area contributed by atoms with Gasteiger partial charge < -0.3 is 25.4 Å². The number of methoxy groups -OCH3 is 1. The van der Waals surface area contributed by atoms with Crippen LogP contribution >= 0.6 is 23.2 Å². The maximum Gasteiger partial charge on any atom is 0.406 e. The summed E-state index contributed by atoms with van der Waals surface area (Å²) in [4.78, 5) is 24.5. The summed E-state index contributed by atoms with van der Waals surface area (Å²) in [5.74, 6) is 0.523. The number of amides is 2. The van der Waals surface area contributed by atoms with Crippen molar-refractivity contribution in [2.75, 3.05) is 33.9 Å². The first kappa shape index (κ1) is 29.2. The summed E-state index contributed by atoms with van der Waals surface area (Å²) in [6.45, 7) is 1.01. The van der Waals surface area contributed by atoms with Crippen LogP contribution in [0.15, 0.2) is 42.5 Å². The second-order valence-electron chi connectivity index (χ2n) is 9.43. The zero-order chi connectivity index (χ0) is 26.6. The topological polar surface area (TPSA) is 88.7 Å². The molecule has 7 nitrogen and oxygen atoms in total. The van der Waals surface area contributed by atoms with E-state index < -0.39 is 12.2 Å². The fraction of sp³-hybridized carbons (Fsp3) is 0.500. The van der Waals surface area contributed by atoms with Gasteiger partial charge in [0.1, 0.15) is 6.10 Å². The molecule has 0 saturated heterocycles. The van der Waals surface area contributed by atoms with Gasteiger partial charge in [0.15, 0.2) is 0 Å². The normalized spacial score (nSPS) is 15.6. The molecule has 2 unspecified atom stereocenters. The van der Waals surface area contributed by atoms with Gasteiger partial charge in [-0.3, -0.25) is 4.79 Å². The Balaban J connectivity index is 1.71. The number of hydrogen-bond donors (Lipinski definition) is 3. The lowest BCUT2D eigenvalue weighted by Gasteiger charge is -2.26. The average Bonchev–Trinajstić information content (AvgIpc) is 2.90. The smallest absolute Gasteiger partial charge is 0.406 e. The molecule has 2 aromatic carbocycles. The summed E-state index contributed by atoms with van der Waals surface area (Å²) >= 11 is 12.7. The second-order valence-corrected chi connectivity index (χ2v) is 10.3. The Bertz CT molecular complexity index is 1030. The summed E-state index contributed by atoms with van der Waals surface area (Å²) in [6.07, 6.45) is 6.44. The molecular formula is C28H37Cl2N3O4. The van der Waals surface area contributed by atoms with E-state index in [9.17, 15) is 9.59 Å². The number of hydrogen-bond acceptors (Lipinski definition) is 5. The Morgan fingerprint density at radius 1 is 1.00 bits per heavy atom. The van der Waals surface area contributed by atoms with Gasteiger partial charge in [0, 0.05) is 34.7 Å². The Morgan fingerprint density at radius 3 is 2.46 bits per heavy atom. The predicted molar refractivity (Wildman–Crippen MR) is 147 cm³/mol. The monoisotopic (exact) mass is 549 g/mol. The van der Waals surface area contributed by atoms with Crippen LogP contribution in [0, 0.1) is 5.92 Å². The maximum atomic E-state index is 13.1. The molecule has 3 N–H and O–H groups in total. The number of halogens is 2. The van der Waals surface area contributed by atoms with Gasteiger partial charge in [-0.1, -0.05) is 67.4 Å². The summed E-state index contributed by atoms with van der Waals surface area (Å²) in [7, 11) is 3.25. The molecule has 1 aliphatic rings. The molecule has 2 amide bonds. The van der Waals surface area contributed by atoms with E-state index in [0.717, 1.165) is 12.0 Å². The fourth-order valence-electron chi connectivity index (χ4n) is 4.80. The van der Waals surface area contributed by atoms with Gasteiger partial charge in [0.05, 0.1) is 13.7 Å². The largest absolute Gasteiger partial charge is 0.453 e. The molecule has 202 valence electrons. The highest BCUT2D eigenvalue weighted by atomic mass is 35.5. The number of likely N-dealkylation sites (N-methyl/N-ethyl adjacent to an activating group) is 1. The van der Waals surface area contributed by atoms with Crippen molar-refractivity contribution in [3.8, 4) is 0 Å². The molecule has 1 saturated carbocycles. The molecule has 9 heteroatoms. The van der Waals surface area contributed by atoms with Gasteiger partial charge in [0.2, 0.25) is 0 Å². The zero-order valence-corrected chi connectivity index (χ0v) is 23.0. The third-order valence-corrected chi connectivity index (χ3v) is 7.19. The van der Waals surface area contributed by atoms with E-state index in [4.69, 9.17) is 27.9 Å². The molecule has 0 spiro atoms. The molecule has 0 aromatic heterocycles. The highest BCUT2D eigenvalue weighted by molar-refractivity contribution is 6.31. The summed E-state index contributed by atoms with van der Waals surface area (Å²) < 4.78 is 10.7. The third kappa shape index (κ3) is 9.49. The van der Waals surface area contributed by atoms with E-state index in [1.54, 1.807) is 24.3 Å². The van der Waals surface area contributed by atoms with Crippen molar-refractivity contribution in [1.29, 1.82) is 0 Å². The van der Waals surface area contributed by atoms with Crippen molar-refractivity contribution in [1.82, 2.24) is 16.0 Å². The minimum absolute atomic E-state index is 0.190. The SMILES string of the molecule is CNC(CNC(=O)c1cc(Cl)cc(C(OCCNC(=O)OC)c2cccc(Cl)c2)c1)CC1CCCCC1. The van der Waals surface area contributed by atoms with Crippen molar-refractivity contribution in [2.24, 2.45) is 5.92 Å². The summed E-state index contributed by atoms with van der Waals surface area (Å²) in [6, 6.07) is 12.8. The fourth-order valence-corrected chi connectivity index (χ4v) is 5.24. The van der Waals surface area contributed by atoms with Crippen LogP contribution in [-0.2, 0) is 9.47 Å². The number of carbonyl (C=O) groups excluding carboxylic acids is 2. The van der Waals surface area contributed by atoms with E-state index in [1.807, 2.05) is 25.2 Å². The van der Waals surface area contributed by atoms with Crippen LogP contribution in [-0.4, -0.2) is 51.9 Å². The van der Waals surface area contributed by atoms with E-state index in [1.165, 1.54) is 39.2 Å². The summed E-state index contributed by atoms with van der Waals surface area (Å²) in [5, 5.41) is 10.0. The van der Waals surface area contributed by atoms with Crippen LogP contribution < -0.4 is 16.0 Å². The lowest BCUT2D eigenvalue weighted by Crippen LogP contribution is -2.40. The molecule has 2 aromatic rings. The highest BCUT2D eigenvalue weighted by Crippen LogP contribution is 2.31. The molecule has 1 aliphatic carbocycles. The number of ether oxygens (including phenoxy) is 2. The van der Waals surface area contributed by atoms with E-state index in [-0.39, 0.29) is 25.1 Å². The lowest BCUT2D eigenvalue weighted by atomic mass is 9.85. The van der Waals surface area contributed by atoms with Crippen LogP contribution in [0.2, 0.25) is 10.0 Å². The van der Waals surface area contributed by atoms with Crippen LogP contribution in [0.3, 0.4) is 0 Å². The van der Waals surface area contributed by atoms with Gasteiger partial charge in [-0.05, 0) is 60.8 Å². The first-order chi connectivity index (χ1) is 17.9. The lowest BCUT2D eigenvalue weighted by molar-refractivity contribution is 0.0804. The Morgan fingerprint density at radius 2 is 1.76 bits per heavy atom. The molecule has 0 bridgehead atoms. The molecule has 0 aliphatic heterocycles. The van der Waals surface area contributed by atoms with Crippen molar-refractivity contribution in [2.45, 2.75) is 50.7 Å². The minimum Gasteiger partial charge on any atom is -0.453 e. The minimum atomic E-state index is -0.542. The van der Waals surface area contributed by atoms with E-state index in [2.05, 4.69) is 20.7 Å². The standard InChI is InChI=1S/C28H37Cl2N3O4/c1-31-25(13-19-7-4-3-5-8-19)18-33-27(34)22-14-21(16-24(30)17-22)26(20-9-6-10-23(29)15-20)37-12-11-32-28(35)36-2/h6,9-10,14-17,19,25-26,31H,3-5,7-8,11-13,18H2,1-2H3,(H,32,35)(H,33,34). The molecule has 37 heavy (non-hydrogen) atoms. The van der Waals surface area contributed by atoms with Gasteiger partial charge in [-0.2, -0.15) is 0 Å². The van der Waals surface area contributed by atoms with Crippen LogP contribution in [0.1, 0.15) is 66.1 Å². The van der Waals surface area contributed by atoms with Crippen LogP contribution in [0.4, 0.5) is 4.79 Å². The van der Waals surface area contributed by atoms with Gasteiger partial charge in [-0.25, -0.2) is 4.79 Å². The second kappa shape index (κ2) is 15.2. The predicted octanol–water partition coefficient (Wildman–Crippen LogP) is 5.74. The van der Waals surface area contributed by atoms with Crippen molar-refractivity contribution in [3.05, 3.63) is 69.2 Å². The number of carbonyl (C=O) groups is 2. The van der Waals surface area contributed by atoms with Crippen molar-refractivity contribution in [3.63, 3.8) is 0 Å². The number of rotatable bonds is 12. The molecule has 3 rings (SSSR count). The number of nitrogens with one attached hydrogen (secondary N) is 3. The average molecular weight is 551 g/mol. The molecule has 2 atom stereocenters. The van der Waals surface area contributed by atoms with Crippen molar-refractivity contribution < 1.29 is 19.1 Å². The quantitative estimate of drug-likeness (QED) is 0.293. The first-order valence-corrected chi connectivity index (χ1v) is 13.6. The highest BCUT2D eigenvalue weighted by Gasteiger charge is 2.21.